The van der Waals surface area contributed by atoms with Crippen molar-refractivity contribution in [1.82, 2.24) is 10.2 Å². The molecule has 1 aromatic carbocycles. The molecule has 0 spiro atoms. The second-order valence-electron chi connectivity index (χ2n) is 5.08. The molecule has 2 aliphatic rings. The van der Waals surface area contributed by atoms with Crippen LogP contribution in [-0.4, -0.2) is 35.8 Å². The smallest absolute Gasteiger partial charge is 0.255 e. The molecule has 2 amide bonds. The van der Waals surface area contributed by atoms with Crippen molar-refractivity contribution in [2.24, 2.45) is 5.92 Å². The van der Waals surface area contributed by atoms with Gasteiger partial charge in [-0.2, -0.15) is 0 Å². The summed E-state index contributed by atoms with van der Waals surface area (Å²) in [5.74, 6) is 0.0308. The van der Waals surface area contributed by atoms with Gasteiger partial charge < -0.3 is 10.2 Å². The van der Waals surface area contributed by atoms with Crippen LogP contribution in [0, 0.1) is 5.92 Å². The molecule has 2 saturated heterocycles. The highest BCUT2D eigenvalue weighted by molar-refractivity contribution is 7.80. The summed E-state index contributed by atoms with van der Waals surface area (Å²) in [6, 6.07) is 7.31. The molecule has 2 heterocycles. The van der Waals surface area contributed by atoms with Crippen molar-refractivity contribution in [1.29, 1.82) is 0 Å². The van der Waals surface area contributed by atoms with Crippen LogP contribution in [0.1, 0.15) is 23.2 Å². The van der Waals surface area contributed by atoms with Gasteiger partial charge in [0.15, 0.2) is 0 Å². The summed E-state index contributed by atoms with van der Waals surface area (Å²) in [7, 11) is 0. The number of amides is 2. The van der Waals surface area contributed by atoms with E-state index in [2.05, 4.69) is 17.9 Å². The third-order valence-corrected chi connectivity index (χ3v) is 4.39. The maximum Gasteiger partial charge on any atom is 0.255 e. The molecule has 2 fully saturated rings. The van der Waals surface area contributed by atoms with Crippen LogP contribution in [0.25, 0.3) is 0 Å². The van der Waals surface area contributed by atoms with Crippen LogP contribution < -0.4 is 5.32 Å². The van der Waals surface area contributed by atoms with Crippen molar-refractivity contribution < 1.29 is 9.59 Å². The van der Waals surface area contributed by atoms with Gasteiger partial charge in [-0.1, -0.05) is 12.1 Å². The minimum Gasteiger partial charge on any atom is -0.354 e. The Morgan fingerprint density at radius 2 is 2.16 bits per heavy atom. The molecule has 0 bridgehead atoms. The van der Waals surface area contributed by atoms with E-state index in [1.165, 1.54) is 0 Å². The summed E-state index contributed by atoms with van der Waals surface area (Å²) in [5, 5.41) is 2.86. The van der Waals surface area contributed by atoms with E-state index in [9.17, 15) is 9.59 Å². The maximum absolute atomic E-state index is 12.6. The Morgan fingerprint density at radius 3 is 2.95 bits per heavy atom. The first-order valence-electron chi connectivity index (χ1n) is 6.55. The molecule has 0 saturated carbocycles. The normalized spacial score (nSPS) is 25.9. The molecule has 2 atom stereocenters. The van der Waals surface area contributed by atoms with Crippen molar-refractivity contribution in [3.63, 3.8) is 0 Å². The van der Waals surface area contributed by atoms with Crippen molar-refractivity contribution in [2.45, 2.75) is 23.8 Å². The second kappa shape index (κ2) is 4.89. The molecule has 5 heteroatoms. The Morgan fingerprint density at radius 1 is 1.37 bits per heavy atom. The third kappa shape index (κ3) is 2.12. The molecule has 0 radical (unpaired) electrons. The first kappa shape index (κ1) is 12.5. The summed E-state index contributed by atoms with van der Waals surface area (Å²) in [4.78, 5) is 26.8. The van der Waals surface area contributed by atoms with E-state index < -0.39 is 0 Å². The highest BCUT2D eigenvalue weighted by Crippen LogP contribution is 2.29. The number of nitrogens with zero attached hydrogens (tertiary/aromatic N) is 1. The number of carbonyl (C=O) groups is 2. The molecule has 0 aromatic heterocycles. The molecule has 3 rings (SSSR count). The lowest BCUT2D eigenvalue weighted by Crippen LogP contribution is -2.48. The zero-order valence-corrected chi connectivity index (χ0v) is 11.4. The number of benzene rings is 1. The number of hydrogen-bond donors (Lipinski definition) is 2. The SMILES string of the molecule is O=C1NCC2C1CCCN2C(=O)c1ccccc1S. The van der Waals surface area contributed by atoms with Gasteiger partial charge >= 0.3 is 0 Å². The first-order valence-corrected chi connectivity index (χ1v) is 7.00. The van der Waals surface area contributed by atoms with Crippen LogP contribution in [0.3, 0.4) is 0 Å². The Balaban J connectivity index is 1.87. The Hall–Kier alpha value is -1.49. The van der Waals surface area contributed by atoms with Crippen LogP contribution >= 0.6 is 12.6 Å². The van der Waals surface area contributed by atoms with E-state index in [0.717, 1.165) is 19.4 Å². The fourth-order valence-corrected chi connectivity index (χ4v) is 3.27. The van der Waals surface area contributed by atoms with Crippen molar-refractivity contribution in [2.75, 3.05) is 13.1 Å². The zero-order chi connectivity index (χ0) is 13.4. The highest BCUT2D eigenvalue weighted by Gasteiger charge is 2.42. The van der Waals surface area contributed by atoms with Gasteiger partial charge in [-0.25, -0.2) is 0 Å². The fraction of sp³-hybridized carbons (Fsp3) is 0.429. The van der Waals surface area contributed by atoms with Gasteiger partial charge in [0.05, 0.1) is 17.5 Å². The third-order valence-electron chi connectivity index (χ3n) is 4.00. The lowest BCUT2D eigenvalue weighted by atomic mass is 9.91. The topological polar surface area (TPSA) is 49.4 Å². The molecule has 1 N–H and O–H groups in total. The molecular formula is C14H16N2O2S. The van der Waals surface area contributed by atoms with Crippen LogP contribution in [-0.2, 0) is 4.79 Å². The predicted molar refractivity (Wildman–Crippen MR) is 74.3 cm³/mol. The van der Waals surface area contributed by atoms with E-state index in [4.69, 9.17) is 0 Å². The van der Waals surface area contributed by atoms with E-state index in [-0.39, 0.29) is 23.8 Å². The molecule has 100 valence electrons. The fourth-order valence-electron chi connectivity index (χ4n) is 3.01. The number of likely N-dealkylation sites (tertiary alicyclic amines) is 1. The van der Waals surface area contributed by atoms with E-state index in [0.29, 0.717) is 17.0 Å². The number of thiol groups is 1. The maximum atomic E-state index is 12.6. The summed E-state index contributed by atoms with van der Waals surface area (Å²) in [6.07, 6.45) is 1.76. The van der Waals surface area contributed by atoms with Gasteiger partial charge in [-0.3, -0.25) is 9.59 Å². The summed E-state index contributed by atoms with van der Waals surface area (Å²) in [6.45, 7) is 1.29. The monoisotopic (exact) mass is 276 g/mol. The zero-order valence-electron chi connectivity index (χ0n) is 10.5. The standard InChI is InChI=1S/C14H16N2O2S/c17-13-9-5-3-7-16(11(9)8-15-13)14(18)10-4-1-2-6-12(10)19/h1-2,4,6,9,11,19H,3,5,7-8H2,(H,15,17). The highest BCUT2D eigenvalue weighted by atomic mass is 32.1. The summed E-state index contributed by atoms with van der Waals surface area (Å²) >= 11 is 4.34. The lowest BCUT2D eigenvalue weighted by Gasteiger charge is -2.36. The Bertz CT molecular complexity index is 532. The average molecular weight is 276 g/mol. The first-order chi connectivity index (χ1) is 9.18. The molecular weight excluding hydrogens is 260 g/mol. The second-order valence-corrected chi connectivity index (χ2v) is 5.56. The minimum absolute atomic E-state index is 0.00156. The summed E-state index contributed by atoms with van der Waals surface area (Å²) in [5.41, 5.74) is 0.617. The van der Waals surface area contributed by atoms with Crippen molar-refractivity contribution in [3.8, 4) is 0 Å². The number of rotatable bonds is 1. The number of piperidine rings is 1. The summed E-state index contributed by atoms with van der Waals surface area (Å²) < 4.78 is 0. The van der Waals surface area contributed by atoms with Crippen LogP contribution in [0.5, 0.6) is 0 Å². The quantitative estimate of drug-likeness (QED) is 0.760. The molecule has 0 aliphatic carbocycles. The van der Waals surface area contributed by atoms with Gasteiger partial charge in [-0.15, -0.1) is 12.6 Å². The van der Waals surface area contributed by atoms with Gasteiger partial charge in [-0.05, 0) is 25.0 Å². The average Bonchev–Trinajstić information content (AvgIpc) is 2.80. The van der Waals surface area contributed by atoms with Crippen molar-refractivity contribution >= 4 is 24.4 Å². The lowest BCUT2D eigenvalue weighted by molar-refractivity contribution is -0.123. The van der Waals surface area contributed by atoms with Gasteiger partial charge in [0.2, 0.25) is 5.91 Å². The number of hydrogen-bond acceptors (Lipinski definition) is 3. The number of fused-ring (bicyclic) bond motifs is 1. The van der Waals surface area contributed by atoms with Gasteiger partial charge in [0.25, 0.3) is 5.91 Å². The number of carbonyl (C=O) groups excluding carboxylic acids is 2. The molecule has 1 aromatic rings. The molecule has 2 unspecified atom stereocenters. The Labute approximate surface area is 117 Å². The Kier molecular flexibility index (Phi) is 3.22. The largest absolute Gasteiger partial charge is 0.354 e. The molecule has 2 aliphatic heterocycles. The molecule has 19 heavy (non-hydrogen) atoms. The van der Waals surface area contributed by atoms with E-state index in [1.807, 2.05) is 23.1 Å². The number of nitrogens with one attached hydrogen (secondary N) is 1. The van der Waals surface area contributed by atoms with E-state index >= 15 is 0 Å². The van der Waals surface area contributed by atoms with Gasteiger partial charge in [0, 0.05) is 18.0 Å². The van der Waals surface area contributed by atoms with Gasteiger partial charge in [0.1, 0.15) is 0 Å². The predicted octanol–water partition coefficient (Wildman–Crippen LogP) is 1.33. The molecule has 4 nitrogen and oxygen atoms in total. The van der Waals surface area contributed by atoms with Crippen LogP contribution in [0.15, 0.2) is 29.2 Å². The van der Waals surface area contributed by atoms with E-state index in [1.54, 1.807) is 6.07 Å². The van der Waals surface area contributed by atoms with Crippen LogP contribution in [0.4, 0.5) is 0 Å². The van der Waals surface area contributed by atoms with Crippen LogP contribution in [0.2, 0.25) is 0 Å². The minimum atomic E-state index is -0.0372. The van der Waals surface area contributed by atoms with Crippen molar-refractivity contribution in [3.05, 3.63) is 29.8 Å².